The number of hydrogen-bond acceptors (Lipinski definition) is 5. The van der Waals surface area contributed by atoms with Crippen LogP contribution in [0.5, 0.6) is 0 Å². The summed E-state index contributed by atoms with van der Waals surface area (Å²) in [6.07, 6.45) is 0.762. The molecular weight excluding hydrogens is 402 g/mol. The molecule has 0 aliphatic rings. The average Bonchev–Trinajstić information content (AvgIpc) is 3.07. The van der Waals surface area contributed by atoms with E-state index >= 15 is 0 Å². The van der Waals surface area contributed by atoms with Gasteiger partial charge in [0.1, 0.15) is 6.04 Å². The van der Waals surface area contributed by atoms with E-state index in [1.807, 2.05) is 13.0 Å². The van der Waals surface area contributed by atoms with Crippen LogP contribution in [0.15, 0.2) is 39.9 Å². The van der Waals surface area contributed by atoms with Crippen molar-refractivity contribution in [2.24, 2.45) is 0 Å². The van der Waals surface area contributed by atoms with Gasteiger partial charge in [0.2, 0.25) is 0 Å². The van der Waals surface area contributed by atoms with E-state index in [2.05, 4.69) is 28.4 Å². The minimum Gasteiger partial charge on any atom is -0.480 e. The molecule has 0 saturated heterocycles. The quantitative estimate of drug-likeness (QED) is 0.511. The van der Waals surface area contributed by atoms with E-state index in [0.29, 0.717) is 17.3 Å². The number of aliphatic carboxylic acids is 1. The van der Waals surface area contributed by atoms with Crippen LogP contribution in [0.2, 0.25) is 0 Å². The molecule has 4 aromatic rings. The average molecular weight is 423 g/mol. The largest absolute Gasteiger partial charge is 0.480 e. The van der Waals surface area contributed by atoms with E-state index in [4.69, 9.17) is 0 Å². The van der Waals surface area contributed by atoms with Crippen LogP contribution < -0.4 is 11.2 Å². The van der Waals surface area contributed by atoms with Gasteiger partial charge in [0.15, 0.2) is 0 Å². The predicted molar refractivity (Wildman–Crippen MR) is 118 cm³/mol. The molecule has 154 valence electrons. The maximum absolute atomic E-state index is 12.8. The van der Waals surface area contributed by atoms with Gasteiger partial charge in [-0.2, -0.15) is 4.37 Å². The van der Waals surface area contributed by atoms with E-state index in [-0.39, 0.29) is 6.42 Å². The molecule has 2 N–H and O–H groups in total. The van der Waals surface area contributed by atoms with Crippen molar-refractivity contribution in [3.63, 3.8) is 0 Å². The summed E-state index contributed by atoms with van der Waals surface area (Å²) >= 11 is 1.45. The Morgan fingerprint density at radius 2 is 2.00 bits per heavy atom. The van der Waals surface area contributed by atoms with Gasteiger partial charge < -0.3 is 10.1 Å². The van der Waals surface area contributed by atoms with Crippen LogP contribution in [0.4, 0.5) is 0 Å². The fraction of sp³-hybridized carbons (Fsp3) is 0.273. The third-order valence-electron chi connectivity index (χ3n) is 5.33. The SMILES string of the molecule is CC[C@@H](C(=O)O)n1c(=O)[nH]c2cc(Cc3snc4cc(C)cc(C)c34)ccc2c1=O. The highest BCUT2D eigenvalue weighted by Crippen LogP contribution is 2.29. The van der Waals surface area contributed by atoms with Gasteiger partial charge in [-0.1, -0.05) is 19.1 Å². The lowest BCUT2D eigenvalue weighted by Gasteiger charge is -2.13. The molecule has 0 aliphatic heterocycles. The molecule has 0 aliphatic carbocycles. The van der Waals surface area contributed by atoms with Gasteiger partial charge in [0.25, 0.3) is 5.56 Å². The van der Waals surface area contributed by atoms with Crippen molar-refractivity contribution >= 4 is 39.3 Å². The first kappa shape index (κ1) is 20.0. The summed E-state index contributed by atoms with van der Waals surface area (Å²) in [7, 11) is 0. The first-order chi connectivity index (χ1) is 14.3. The smallest absolute Gasteiger partial charge is 0.329 e. The third-order valence-corrected chi connectivity index (χ3v) is 6.19. The molecule has 30 heavy (non-hydrogen) atoms. The third kappa shape index (κ3) is 3.33. The maximum Gasteiger partial charge on any atom is 0.329 e. The standard InChI is InChI=1S/C22H21N3O4S/c1-4-17(21(27)28)25-20(26)14-6-5-13(9-15(14)23-22(25)29)10-18-19-12(3)7-11(2)8-16(19)24-30-18/h5-9,17H,4,10H2,1-3H3,(H,23,29)(H,27,28)/t17-/m0/s1. The maximum atomic E-state index is 12.8. The van der Waals surface area contributed by atoms with Crippen molar-refractivity contribution in [2.75, 3.05) is 0 Å². The molecule has 2 aromatic heterocycles. The molecular formula is C22H21N3O4S. The first-order valence-corrected chi connectivity index (χ1v) is 10.4. The molecule has 0 radical (unpaired) electrons. The van der Waals surface area contributed by atoms with Gasteiger partial charge >= 0.3 is 11.7 Å². The molecule has 0 spiro atoms. The number of rotatable bonds is 5. The highest BCUT2D eigenvalue weighted by atomic mass is 32.1. The lowest BCUT2D eigenvalue weighted by molar-refractivity contribution is -0.141. The molecule has 0 fully saturated rings. The summed E-state index contributed by atoms with van der Waals surface area (Å²) in [5.74, 6) is -1.20. The van der Waals surface area contributed by atoms with Crippen molar-refractivity contribution in [1.82, 2.24) is 13.9 Å². The fourth-order valence-electron chi connectivity index (χ4n) is 3.98. The van der Waals surface area contributed by atoms with E-state index in [0.717, 1.165) is 25.9 Å². The lowest BCUT2D eigenvalue weighted by Crippen LogP contribution is -2.40. The zero-order valence-corrected chi connectivity index (χ0v) is 17.7. The number of nitrogens with one attached hydrogen (secondary N) is 1. The topological polar surface area (TPSA) is 105 Å². The van der Waals surface area contributed by atoms with Crippen LogP contribution >= 0.6 is 11.5 Å². The zero-order chi connectivity index (χ0) is 21.6. The monoisotopic (exact) mass is 423 g/mol. The number of aromatic nitrogens is 3. The number of fused-ring (bicyclic) bond motifs is 2. The number of carboxylic acids is 1. The van der Waals surface area contributed by atoms with Crippen molar-refractivity contribution in [3.8, 4) is 0 Å². The molecule has 4 rings (SSSR count). The number of hydrogen-bond donors (Lipinski definition) is 2. The second-order valence-electron chi connectivity index (χ2n) is 7.51. The molecule has 0 unspecified atom stereocenters. The van der Waals surface area contributed by atoms with Crippen molar-refractivity contribution in [1.29, 1.82) is 0 Å². The van der Waals surface area contributed by atoms with Crippen LogP contribution in [-0.4, -0.2) is 25.0 Å². The molecule has 0 amide bonds. The number of aromatic amines is 1. The second kappa shape index (κ2) is 7.53. The predicted octanol–water partition coefficient (Wildman–Crippen LogP) is 3.54. The van der Waals surface area contributed by atoms with Crippen LogP contribution in [-0.2, 0) is 11.2 Å². The normalized spacial score (nSPS) is 12.5. The highest BCUT2D eigenvalue weighted by Gasteiger charge is 2.22. The van der Waals surface area contributed by atoms with Crippen LogP contribution in [0.25, 0.3) is 21.8 Å². The number of nitrogens with zero attached hydrogens (tertiary/aromatic N) is 2. The van der Waals surface area contributed by atoms with Gasteiger partial charge in [-0.15, -0.1) is 0 Å². The fourth-order valence-corrected chi connectivity index (χ4v) is 4.92. The van der Waals surface area contributed by atoms with Gasteiger partial charge in [0.05, 0.1) is 16.4 Å². The van der Waals surface area contributed by atoms with Gasteiger partial charge in [-0.25, -0.2) is 14.2 Å². The highest BCUT2D eigenvalue weighted by molar-refractivity contribution is 7.07. The Labute approximate surface area is 175 Å². The summed E-state index contributed by atoms with van der Waals surface area (Å²) in [6.45, 7) is 5.74. The Morgan fingerprint density at radius 1 is 1.23 bits per heavy atom. The summed E-state index contributed by atoms with van der Waals surface area (Å²) in [4.78, 5) is 40.5. The van der Waals surface area contributed by atoms with Crippen molar-refractivity contribution in [2.45, 2.75) is 39.7 Å². The summed E-state index contributed by atoms with van der Waals surface area (Å²) in [6, 6.07) is 8.26. The summed E-state index contributed by atoms with van der Waals surface area (Å²) < 4.78 is 5.34. The Balaban J connectivity index is 1.79. The van der Waals surface area contributed by atoms with E-state index < -0.39 is 23.3 Å². The Morgan fingerprint density at radius 3 is 2.70 bits per heavy atom. The minimum absolute atomic E-state index is 0.138. The number of H-pyrrole nitrogens is 1. The Kier molecular flexibility index (Phi) is 5.03. The molecule has 0 saturated carbocycles. The second-order valence-corrected chi connectivity index (χ2v) is 8.36. The van der Waals surface area contributed by atoms with Crippen LogP contribution in [0, 0.1) is 13.8 Å². The Hall–Kier alpha value is -3.26. The van der Waals surface area contributed by atoms with Crippen LogP contribution in [0.1, 0.15) is 41.0 Å². The molecule has 2 aromatic carbocycles. The van der Waals surface area contributed by atoms with Crippen molar-refractivity contribution < 1.29 is 9.90 Å². The first-order valence-electron chi connectivity index (χ1n) is 9.66. The molecule has 2 heterocycles. The van der Waals surface area contributed by atoms with Gasteiger partial charge in [0, 0.05) is 16.7 Å². The van der Waals surface area contributed by atoms with E-state index in [1.165, 1.54) is 22.7 Å². The number of carbonyl (C=O) groups is 1. The summed E-state index contributed by atoms with van der Waals surface area (Å²) in [5, 5.41) is 10.8. The van der Waals surface area contributed by atoms with E-state index in [1.54, 1.807) is 19.1 Å². The lowest BCUT2D eigenvalue weighted by atomic mass is 10.0. The summed E-state index contributed by atoms with van der Waals surface area (Å²) in [5.41, 5.74) is 3.35. The molecule has 1 atom stereocenters. The molecule has 7 nitrogen and oxygen atoms in total. The number of carboxylic acid groups (broad SMARTS) is 1. The zero-order valence-electron chi connectivity index (χ0n) is 16.9. The molecule has 0 bridgehead atoms. The number of benzene rings is 2. The van der Waals surface area contributed by atoms with Gasteiger partial charge in [-0.3, -0.25) is 4.79 Å². The van der Waals surface area contributed by atoms with Gasteiger partial charge in [-0.05, 0) is 66.7 Å². The minimum atomic E-state index is -1.20. The molecule has 8 heteroatoms. The Bertz CT molecular complexity index is 1410. The number of aryl methyl sites for hydroxylation is 2. The van der Waals surface area contributed by atoms with Crippen LogP contribution in [0.3, 0.4) is 0 Å². The van der Waals surface area contributed by atoms with Crippen molar-refractivity contribution in [3.05, 3.63) is 72.7 Å². The van der Waals surface area contributed by atoms with E-state index in [9.17, 15) is 19.5 Å².